The number of rotatable bonds is 14. The molecule has 16 nitrogen and oxygen atoms in total. The Hall–Kier alpha value is -7.55. The number of benzene rings is 11. The Kier molecular flexibility index (Phi) is 44.2. The van der Waals surface area contributed by atoms with Crippen LogP contribution in [0.4, 0.5) is 0 Å². The Morgan fingerprint density at radius 3 is 1.15 bits per heavy atom. The van der Waals surface area contributed by atoms with Crippen LogP contribution in [0.3, 0.4) is 0 Å². The highest BCUT2D eigenvalue weighted by Crippen LogP contribution is 2.54. The summed E-state index contributed by atoms with van der Waals surface area (Å²) in [5.41, 5.74) is 11.5. The molecule has 0 saturated carbocycles. The third-order valence-corrected chi connectivity index (χ3v) is 26.7. The molecule has 28 heteroatoms. The van der Waals surface area contributed by atoms with Crippen LogP contribution in [0.1, 0.15) is 132 Å². The van der Waals surface area contributed by atoms with Gasteiger partial charge in [-0.05, 0) is 196 Å². The number of aliphatic carboxylic acids is 2. The fourth-order valence-electron chi connectivity index (χ4n) is 14.5. The molecule has 5 aliphatic rings. The van der Waals surface area contributed by atoms with Gasteiger partial charge in [-0.25, -0.2) is 9.59 Å². The van der Waals surface area contributed by atoms with E-state index in [0.29, 0.717) is 93.8 Å². The second-order valence-electron chi connectivity index (χ2n) is 28.5. The van der Waals surface area contributed by atoms with Crippen molar-refractivity contribution in [2.75, 3.05) is 73.6 Å². The van der Waals surface area contributed by atoms with Crippen LogP contribution in [0.15, 0.2) is 267 Å². The Morgan fingerprint density at radius 1 is 0.419 bits per heavy atom. The van der Waals surface area contributed by atoms with Gasteiger partial charge in [0.05, 0.1) is 24.9 Å². The van der Waals surface area contributed by atoms with Gasteiger partial charge in [0.25, 0.3) is 0 Å². The second kappa shape index (κ2) is 52.1. The number of para-hydroxylation sites is 2. The highest BCUT2D eigenvalue weighted by atomic mass is 79.9. The minimum atomic E-state index is -3.00. The van der Waals surface area contributed by atoms with Gasteiger partial charge in [-0.1, -0.05) is 274 Å². The number of aromatic hydroxyl groups is 3. The largest absolute Gasteiger partial charge is 0.508 e. The molecule has 0 amide bonds. The molecular weight excluding hydrogens is 2020 g/mol. The molecule has 3 saturated heterocycles. The average Bonchev–Trinajstić information content (AvgIpc) is 1.63. The quantitative estimate of drug-likeness (QED) is 0.0171. The van der Waals surface area contributed by atoms with E-state index in [-0.39, 0.29) is 47.7 Å². The number of nitrogens with zero attached hydrogens (tertiary/aromatic N) is 3. The van der Waals surface area contributed by atoms with Crippen LogP contribution >= 0.6 is 145 Å². The molecule has 11 aromatic rings. The lowest BCUT2D eigenvalue weighted by Gasteiger charge is -2.21. The lowest BCUT2D eigenvalue weighted by molar-refractivity contribution is -0.134. The van der Waals surface area contributed by atoms with E-state index in [4.69, 9.17) is 91.8 Å². The number of phenols is 3. The number of carbonyl (C=O) groups is 3. The molecule has 6 atom stereocenters. The standard InChI is InChI=1S/C17H17BrClNO.2C17H16ClNO.C14H10BrClO.C11H16BrO3P.C7H6Br2.C7H5ClO2.C4H4O4.2CH4.B.H2/c1-20-9-14(12-4-2-3-5-16(12)18)15(10-20)13-8-11(19)6-7-17(13)21;2*1-19-9-14-12-4-2-3-5-16(12)20-17-7-6-11(18)8-13(17)15(14)10-19;15-13-4-2-1-3-10(13)5-6-11-9-12(16)7-8-14(11)17;1-3-14-16(13,15-4-2)9-10-7-5-6-8-11(10)12;8-5-6-3-1-2-4-7(6)9;8-6-1-2-7(10)5(3-6)4-9;5-3(6)1-2-4(7)8;;;;/h2-8,14-15,21H,9-10H2,1H3;2*2-8,14-15H,9-10H2,1H3;1-9,17H;5-8H,3-4,9H2,1-2H3;1-4H,5H2;1-4,10H;1-2H,(H,5,6)(H,7,8);2*1H4;;1H/b;;;6-5+;;;;2-1-;;;;/t3*14-,15-;;;;;;;;;/m111........./s1/i;;;;;;;;;;;1+1. The molecule has 124 heavy (non-hydrogen) atoms. The SMILES string of the molecule is BrCc1ccccc1Br.C.C.CCOP(=O)(Cc1ccccc1Br)OCC.CN1C[C@@H]2c3ccccc3Oc3ccc(Cl)cc3[C@H]2C1.CN1C[C@@H]2c3ccccc3Oc3ccc(Cl)cc3[C@H]2C1.CN1C[C@H](c2cc(Cl)ccc2O)[C@@H](c2ccccc2Br)C1.O=C(O)/C=C\C(=O)O.O=Cc1cc(Cl)ccc1O.Oc1ccc(Cl)cc1/C=C/c1ccccc1Br.[2HH].[B]. The summed E-state index contributed by atoms with van der Waals surface area (Å²) in [4.78, 5) is 36.4. The number of carboxylic acids is 2. The number of phenolic OH excluding ortho intramolecular Hbond substituents is 3. The van der Waals surface area contributed by atoms with Crippen molar-refractivity contribution in [3.05, 3.63) is 353 Å². The predicted molar refractivity (Wildman–Crippen MR) is 528 cm³/mol. The number of aldehydes is 1. The number of likely N-dealkylation sites (tertiary alicyclic amines) is 3. The van der Waals surface area contributed by atoms with Gasteiger partial charge in [-0.3, -0.25) is 9.36 Å². The summed E-state index contributed by atoms with van der Waals surface area (Å²) in [5.74, 6) is 4.32. The first-order valence-corrected chi connectivity index (χ1v) is 46.2. The van der Waals surface area contributed by atoms with Gasteiger partial charge in [-0.2, -0.15) is 0 Å². The fourth-order valence-corrected chi connectivity index (χ4v) is 20.0. The monoisotopic (exact) mass is 2120 g/mol. The summed E-state index contributed by atoms with van der Waals surface area (Å²) in [7, 11) is 3.48. The van der Waals surface area contributed by atoms with E-state index in [1.807, 2.05) is 141 Å². The Balaban J connectivity index is 0.000000257. The maximum atomic E-state index is 12.3. The zero-order valence-electron chi connectivity index (χ0n) is 67.1. The maximum absolute atomic E-state index is 12.3. The first-order valence-electron chi connectivity index (χ1n) is 38.3. The van der Waals surface area contributed by atoms with Crippen LogP contribution in [0.25, 0.3) is 12.2 Å². The molecule has 5 heterocycles. The number of carbonyl (C=O) groups excluding carboxylic acids is 1. The van der Waals surface area contributed by atoms with Gasteiger partial charge in [0.1, 0.15) is 40.2 Å². The lowest BCUT2D eigenvalue weighted by atomic mass is 9.84. The van der Waals surface area contributed by atoms with Gasteiger partial charge in [0, 0.05) is 167 Å². The van der Waals surface area contributed by atoms with Crippen LogP contribution < -0.4 is 9.47 Å². The van der Waals surface area contributed by atoms with Crippen LogP contribution in [0.5, 0.6) is 40.2 Å². The van der Waals surface area contributed by atoms with Crippen molar-refractivity contribution in [1.82, 2.24) is 14.7 Å². The molecule has 0 aromatic heterocycles. The van der Waals surface area contributed by atoms with E-state index in [1.165, 1.54) is 56.1 Å². The molecular formula is C96H100BBr5Cl5N3O13P. The maximum Gasteiger partial charge on any atom is 0.335 e. The van der Waals surface area contributed by atoms with E-state index in [1.54, 1.807) is 30.3 Å². The van der Waals surface area contributed by atoms with Gasteiger partial charge < -0.3 is 58.8 Å². The summed E-state index contributed by atoms with van der Waals surface area (Å²) >= 11 is 47.3. The minimum absolute atomic E-state index is 0. The Morgan fingerprint density at radius 2 is 0.742 bits per heavy atom. The average molecular weight is 2120 g/mol. The van der Waals surface area contributed by atoms with Crippen LogP contribution in [-0.4, -0.2) is 140 Å². The zero-order chi connectivity index (χ0) is 87.5. The number of alkyl halides is 1. The van der Waals surface area contributed by atoms with E-state index in [9.17, 15) is 29.2 Å². The third-order valence-electron chi connectivity index (χ3n) is 19.9. The molecule has 16 rings (SSSR count). The molecule has 0 bridgehead atoms. The summed E-state index contributed by atoms with van der Waals surface area (Å²) < 4.78 is 39.3. The topological polar surface area (TPSA) is 216 Å². The van der Waals surface area contributed by atoms with E-state index >= 15 is 0 Å². The minimum Gasteiger partial charge on any atom is -0.508 e. The van der Waals surface area contributed by atoms with Gasteiger partial charge in [-0.15, -0.1) is 0 Å². The summed E-state index contributed by atoms with van der Waals surface area (Å²) in [6.07, 6.45) is 5.73. The van der Waals surface area contributed by atoms with E-state index in [2.05, 4.69) is 188 Å². The van der Waals surface area contributed by atoms with Crippen molar-refractivity contribution in [3.8, 4) is 40.2 Å². The number of likely N-dealkylation sites (N-methyl/N-ethyl adjacent to an activating group) is 3. The van der Waals surface area contributed by atoms with Crippen molar-refractivity contribution in [2.45, 2.75) is 75.7 Å². The third kappa shape index (κ3) is 30.9. The number of hydrogen-bond donors (Lipinski definition) is 5. The Labute approximate surface area is 798 Å². The Bertz CT molecular complexity index is 5340. The molecule has 3 radical (unpaired) electrons. The summed E-state index contributed by atoms with van der Waals surface area (Å²) in [6, 6.07) is 75.3. The van der Waals surface area contributed by atoms with E-state index < -0.39 is 19.5 Å². The molecule has 3 fully saturated rings. The first kappa shape index (κ1) is 105. The summed E-state index contributed by atoms with van der Waals surface area (Å²) in [5, 5.41) is 48.7. The molecule has 655 valence electrons. The number of carboxylic acid groups (broad SMARTS) is 2. The van der Waals surface area contributed by atoms with Crippen molar-refractivity contribution < 1.29 is 64.4 Å². The van der Waals surface area contributed by atoms with Gasteiger partial charge in [0.2, 0.25) is 0 Å². The molecule has 5 aliphatic heterocycles. The first-order chi connectivity index (χ1) is 58.0. The second-order valence-corrected chi connectivity index (χ2v) is 36.7. The number of hydrogen-bond acceptors (Lipinski definition) is 14. The van der Waals surface area contributed by atoms with Crippen molar-refractivity contribution in [2.24, 2.45) is 0 Å². The van der Waals surface area contributed by atoms with Crippen LogP contribution in [0, 0.1) is 0 Å². The number of halogens is 10. The van der Waals surface area contributed by atoms with Crippen molar-refractivity contribution >= 4 is 184 Å². The van der Waals surface area contributed by atoms with E-state index in [0.717, 1.165) is 108 Å². The molecule has 0 aliphatic carbocycles. The van der Waals surface area contributed by atoms with Gasteiger partial charge in [0.15, 0.2) is 6.29 Å². The zero-order valence-corrected chi connectivity index (χ0v) is 79.7. The van der Waals surface area contributed by atoms with Gasteiger partial charge >= 0.3 is 19.5 Å². The fraction of sp³-hybridized carbons (Fsp3) is 0.240. The normalized spacial score (nSPS) is 16.7. The highest BCUT2D eigenvalue weighted by molar-refractivity contribution is 9.11. The predicted octanol–water partition coefficient (Wildman–Crippen LogP) is 28.4. The lowest BCUT2D eigenvalue weighted by Crippen LogP contribution is -2.14. The van der Waals surface area contributed by atoms with Crippen LogP contribution in [-0.2, 0) is 34.7 Å². The van der Waals surface area contributed by atoms with Crippen molar-refractivity contribution in [3.63, 3.8) is 0 Å². The molecule has 0 unspecified atom stereocenters. The molecule has 5 N–H and O–H groups in total. The number of fused-ring (bicyclic) bond motifs is 10. The van der Waals surface area contributed by atoms with Crippen LogP contribution in [0.2, 0.25) is 25.1 Å². The molecule has 11 aromatic carbocycles. The smallest absolute Gasteiger partial charge is 0.335 e. The van der Waals surface area contributed by atoms with Crippen molar-refractivity contribution in [1.29, 1.82) is 0 Å². The number of ether oxygens (including phenoxy) is 2. The highest BCUT2D eigenvalue weighted by Gasteiger charge is 2.41. The molecule has 0 spiro atoms. The summed E-state index contributed by atoms with van der Waals surface area (Å²) in [6.45, 7) is 10.5.